The van der Waals surface area contributed by atoms with Gasteiger partial charge in [0.25, 0.3) is 0 Å². The minimum absolute atomic E-state index is 0.340. The van der Waals surface area contributed by atoms with E-state index in [9.17, 15) is 4.79 Å². The highest BCUT2D eigenvalue weighted by Gasteiger charge is 2.24. The number of likely N-dealkylation sites (tertiary alicyclic amines) is 1. The third-order valence-corrected chi connectivity index (χ3v) is 3.46. The summed E-state index contributed by atoms with van der Waals surface area (Å²) in [7, 11) is 0. The lowest BCUT2D eigenvalue weighted by Crippen LogP contribution is -2.43. The summed E-state index contributed by atoms with van der Waals surface area (Å²) in [5, 5.41) is 0. The monoisotopic (exact) mass is 231 g/mol. The van der Waals surface area contributed by atoms with E-state index >= 15 is 0 Å². The molecule has 1 aliphatic heterocycles. The number of unbranched alkanes of at least 4 members (excludes halogenated alkanes) is 1. The first-order valence-corrected chi connectivity index (χ1v) is 6.68. The van der Waals surface area contributed by atoms with Gasteiger partial charge in [-0.15, -0.1) is 11.6 Å². The van der Waals surface area contributed by atoms with Crippen LogP contribution in [0.2, 0.25) is 0 Å². The molecule has 1 aliphatic rings. The van der Waals surface area contributed by atoms with Gasteiger partial charge in [0.05, 0.1) is 0 Å². The van der Waals surface area contributed by atoms with Crippen LogP contribution >= 0.6 is 11.6 Å². The number of rotatable bonds is 5. The third-order valence-electron chi connectivity index (χ3n) is 3.19. The van der Waals surface area contributed by atoms with Crippen LogP contribution in [0, 0.1) is 0 Å². The largest absolute Gasteiger partial charge is 0.340 e. The molecule has 1 fully saturated rings. The summed E-state index contributed by atoms with van der Waals surface area (Å²) in [5.41, 5.74) is 0. The van der Waals surface area contributed by atoms with Gasteiger partial charge >= 0.3 is 0 Å². The van der Waals surface area contributed by atoms with E-state index in [1.54, 1.807) is 0 Å². The minimum atomic E-state index is 0.340. The number of alkyl halides is 1. The minimum Gasteiger partial charge on any atom is -0.340 e. The average Bonchev–Trinajstić information content (AvgIpc) is 2.29. The molecule has 0 N–H and O–H groups in total. The van der Waals surface area contributed by atoms with Gasteiger partial charge < -0.3 is 4.90 Å². The molecule has 1 atom stereocenters. The molecular formula is C12H22ClNO. The molecule has 0 aromatic carbocycles. The van der Waals surface area contributed by atoms with Crippen molar-refractivity contribution in [2.75, 3.05) is 12.4 Å². The predicted molar refractivity (Wildman–Crippen MR) is 64.2 cm³/mol. The fourth-order valence-corrected chi connectivity index (χ4v) is 2.46. The van der Waals surface area contributed by atoms with Gasteiger partial charge in [-0.25, -0.2) is 0 Å². The Balaban J connectivity index is 2.34. The quantitative estimate of drug-likeness (QED) is 0.526. The highest BCUT2D eigenvalue weighted by atomic mass is 35.5. The van der Waals surface area contributed by atoms with Crippen LogP contribution in [0.25, 0.3) is 0 Å². The molecule has 0 saturated carbocycles. The van der Waals surface area contributed by atoms with E-state index in [-0.39, 0.29) is 0 Å². The zero-order valence-corrected chi connectivity index (χ0v) is 10.4. The van der Waals surface area contributed by atoms with Crippen molar-refractivity contribution >= 4 is 17.5 Å². The van der Waals surface area contributed by atoms with Gasteiger partial charge in [0.1, 0.15) is 0 Å². The van der Waals surface area contributed by atoms with Crippen molar-refractivity contribution in [3.8, 4) is 0 Å². The molecule has 1 heterocycles. The molecule has 0 radical (unpaired) electrons. The molecular weight excluding hydrogens is 210 g/mol. The molecule has 2 nitrogen and oxygen atoms in total. The second-order valence-corrected chi connectivity index (χ2v) is 4.67. The molecule has 1 unspecified atom stereocenters. The number of piperidine rings is 1. The first kappa shape index (κ1) is 12.8. The lowest BCUT2D eigenvalue weighted by Gasteiger charge is -2.35. The van der Waals surface area contributed by atoms with E-state index in [0.717, 1.165) is 25.8 Å². The Hall–Kier alpha value is -0.240. The zero-order chi connectivity index (χ0) is 11.1. The van der Waals surface area contributed by atoms with Crippen molar-refractivity contribution in [1.82, 2.24) is 4.90 Å². The van der Waals surface area contributed by atoms with Crippen molar-refractivity contribution in [1.29, 1.82) is 0 Å². The highest BCUT2D eigenvalue weighted by Crippen LogP contribution is 2.20. The Morgan fingerprint density at radius 1 is 1.40 bits per heavy atom. The van der Waals surface area contributed by atoms with Gasteiger partial charge in [-0.05, 0) is 38.5 Å². The number of amides is 1. The van der Waals surface area contributed by atoms with E-state index < -0.39 is 0 Å². The lowest BCUT2D eigenvalue weighted by atomic mass is 9.99. The molecule has 0 aromatic heterocycles. The van der Waals surface area contributed by atoms with Gasteiger partial charge in [-0.1, -0.05) is 6.92 Å². The predicted octanol–water partition coefficient (Wildman–Crippen LogP) is 3.19. The summed E-state index contributed by atoms with van der Waals surface area (Å²) in [6, 6.07) is 0.502. The Kier molecular flexibility index (Phi) is 6.07. The van der Waals surface area contributed by atoms with Crippen LogP contribution in [-0.2, 0) is 4.79 Å². The fourth-order valence-electron chi connectivity index (χ4n) is 2.27. The van der Waals surface area contributed by atoms with E-state index in [1.807, 2.05) is 0 Å². The summed E-state index contributed by atoms with van der Waals surface area (Å²) >= 11 is 5.60. The smallest absolute Gasteiger partial charge is 0.222 e. The standard InChI is InChI=1S/C12H22ClNO/c1-2-11-7-4-6-10-14(11)12(15)8-3-5-9-13/h11H,2-10H2,1H3. The number of hydrogen-bond acceptors (Lipinski definition) is 1. The highest BCUT2D eigenvalue weighted by molar-refractivity contribution is 6.17. The topological polar surface area (TPSA) is 20.3 Å². The summed E-state index contributed by atoms with van der Waals surface area (Å²) in [4.78, 5) is 14.0. The first-order valence-electron chi connectivity index (χ1n) is 6.15. The van der Waals surface area contributed by atoms with E-state index in [1.165, 1.54) is 19.3 Å². The van der Waals surface area contributed by atoms with Gasteiger partial charge in [-0.2, -0.15) is 0 Å². The Morgan fingerprint density at radius 2 is 2.20 bits per heavy atom. The number of carbonyl (C=O) groups excluding carboxylic acids is 1. The molecule has 15 heavy (non-hydrogen) atoms. The maximum absolute atomic E-state index is 11.9. The maximum Gasteiger partial charge on any atom is 0.222 e. The third kappa shape index (κ3) is 4.02. The van der Waals surface area contributed by atoms with Crippen molar-refractivity contribution in [2.24, 2.45) is 0 Å². The SMILES string of the molecule is CCC1CCCCN1C(=O)CCCCCl. The molecule has 0 aromatic rings. The second-order valence-electron chi connectivity index (χ2n) is 4.29. The van der Waals surface area contributed by atoms with Gasteiger partial charge in [0.15, 0.2) is 0 Å². The molecule has 1 amide bonds. The van der Waals surface area contributed by atoms with E-state index in [4.69, 9.17) is 11.6 Å². The fraction of sp³-hybridized carbons (Fsp3) is 0.917. The molecule has 1 saturated heterocycles. The van der Waals surface area contributed by atoms with Gasteiger partial charge in [-0.3, -0.25) is 4.79 Å². The Bertz CT molecular complexity index is 196. The average molecular weight is 232 g/mol. The molecule has 0 aliphatic carbocycles. The van der Waals surface area contributed by atoms with Crippen LogP contribution in [0.15, 0.2) is 0 Å². The summed E-state index contributed by atoms with van der Waals surface area (Å²) in [5.74, 6) is 1.01. The maximum atomic E-state index is 11.9. The van der Waals surface area contributed by atoms with Crippen LogP contribution < -0.4 is 0 Å². The van der Waals surface area contributed by atoms with Crippen LogP contribution in [-0.4, -0.2) is 29.3 Å². The van der Waals surface area contributed by atoms with E-state index in [2.05, 4.69) is 11.8 Å². The van der Waals surface area contributed by atoms with Crippen molar-refractivity contribution in [3.63, 3.8) is 0 Å². The molecule has 0 bridgehead atoms. The van der Waals surface area contributed by atoms with Crippen molar-refractivity contribution in [3.05, 3.63) is 0 Å². The van der Waals surface area contributed by atoms with Crippen molar-refractivity contribution < 1.29 is 4.79 Å². The number of nitrogens with zero attached hydrogens (tertiary/aromatic N) is 1. The van der Waals surface area contributed by atoms with Gasteiger partial charge in [0, 0.05) is 24.9 Å². The molecule has 0 spiro atoms. The van der Waals surface area contributed by atoms with Crippen LogP contribution in [0.3, 0.4) is 0 Å². The van der Waals surface area contributed by atoms with Crippen molar-refractivity contribution in [2.45, 2.75) is 57.9 Å². The van der Waals surface area contributed by atoms with Crippen LogP contribution in [0.4, 0.5) is 0 Å². The Labute approximate surface area is 98.0 Å². The lowest BCUT2D eigenvalue weighted by molar-refractivity contribution is -0.135. The van der Waals surface area contributed by atoms with Gasteiger partial charge in [0.2, 0.25) is 5.91 Å². The summed E-state index contributed by atoms with van der Waals surface area (Å²) in [6.45, 7) is 3.15. The molecule has 3 heteroatoms. The Morgan fingerprint density at radius 3 is 2.87 bits per heavy atom. The second kappa shape index (κ2) is 7.10. The summed E-state index contributed by atoms with van der Waals surface area (Å²) < 4.78 is 0. The zero-order valence-electron chi connectivity index (χ0n) is 9.67. The first-order chi connectivity index (χ1) is 7.29. The summed E-state index contributed by atoms with van der Waals surface area (Å²) in [6.07, 6.45) is 7.33. The number of carbonyl (C=O) groups is 1. The normalized spacial score (nSPS) is 21.7. The molecule has 1 rings (SSSR count). The number of halogens is 1. The van der Waals surface area contributed by atoms with Crippen LogP contribution in [0.1, 0.15) is 51.9 Å². The number of hydrogen-bond donors (Lipinski definition) is 0. The van der Waals surface area contributed by atoms with E-state index in [0.29, 0.717) is 24.2 Å². The molecule has 88 valence electrons. The van der Waals surface area contributed by atoms with Crippen LogP contribution in [0.5, 0.6) is 0 Å².